The third-order valence-corrected chi connectivity index (χ3v) is 4.56. The van der Waals surface area contributed by atoms with Gasteiger partial charge in [0.1, 0.15) is 0 Å². The Morgan fingerprint density at radius 3 is 2.94 bits per heavy atom. The van der Waals surface area contributed by atoms with Crippen LogP contribution in [0.3, 0.4) is 0 Å². The molecule has 1 heterocycles. The Kier molecular flexibility index (Phi) is 4.86. The van der Waals surface area contributed by atoms with Gasteiger partial charge in [-0.2, -0.15) is 0 Å². The molecule has 0 radical (unpaired) electrons. The second-order valence-corrected chi connectivity index (χ2v) is 6.11. The average molecular weight is 326 g/mol. The van der Waals surface area contributed by atoms with Crippen LogP contribution in [-0.4, -0.2) is 16.0 Å². The van der Waals surface area contributed by atoms with Crippen LogP contribution in [0.2, 0.25) is 0 Å². The van der Waals surface area contributed by atoms with Gasteiger partial charge in [-0.05, 0) is 24.1 Å². The summed E-state index contributed by atoms with van der Waals surface area (Å²) in [6.07, 6.45) is 4.53. The number of aromatic nitrogens is 2. The topological polar surface area (TPSA) is 54.7 Å². The SMILES string of the molecule is CCC(N)C(Sc1ncc[nH]1)c1cccc(Br)c1. The highest BCUT2D eigenvalue weighted by atomic mass is 79.9. The van der Waals surface area contributed by atoms with Crippen molar-refractivity contribution in [1.29, 1.82) is 0 Å². The Hall–Kier alpha value is -0.780. The molecule has 2 rings (SSSR count). The second-order valence-electron chi connectivity index (χ2n) is 4.06. The average Bonchev–Trinajstić information content (AvgIpc) is 2.88. The van der Waals surface area contributed by atoms with E-state index in [0.29, 0.717) is 0 Å². The first-order valence-corrected chi connectivity index (χ1v) is 7.55. The Bertz CT molecular complexity index is 487. The van der Waals surface area contributed by atoms with Gasteiger partial charge in [-0.1, -0.05) is 46.7 Å². The molecule has 3 nitrogen and oxygen atoms in total. The summed E-state index contributed by atoms with van der Waals surface area (Å²) in [5, 5.41) is 1.11. The molecule has 18 heavy (non-hydrogen) atoms. The number of nitrogens with zero attached hydrogens (tertiary/aromatic N) is 1. The molecular weight excluding hydrogens is 310 g/mol. The van der Waals surface area contributed by atoms with Crippen LogP contribution >= 0.6 is 27.7 Å². The lowest BCUT2D eigenvalue weighted by atomic mass is 10.0. The van der Waals surface area contributed by atoms with E-state index in [9.17, 15) is 0 Å². The quantitative estimate of drug-likeness (QED) is 0.823. The van der Waals surface area contributed by atoms with E-state index in [2.05, 4.69) is 45.0 Å². The molecular formula is C13H16BrN3S. The molecule has 0 aliphatic carbocycles. The summed E-state index contributed by atoms with van der Waals surface area (Å²) < 4.78 is 1.08. The van der Waals surface area contributed by atoms with Crippen molar-refractivity contribution in [2.24, 2.45) is 5.73 Å². The monoisotopic (exact) mass is 325 g/mol. The molecule has 3 N–H and O–H groups in total. The number of hydrogen-bond acceptors (Lipinski definition) is 3. The second kappa shape index (κ2) is 6.41. The van der Waals surface area contributed by atoms with Gasteiger partial charge in [0.05, 0.1) is 5.25 Å². The van der Waals surface area contributed by atoms with Gasteiger partial charge in [0.2, 0.25) is 0 Å². The van der Waals surface area contributed by atoms with Gasteiger partial charge in [-0.25, -0.2) is 4.98 Å². The predicted octanol–water partition coefficient (Wildman–Crippen LogP) is 3.74. The maximum absolute atomic E-state index is 6.24. The lowest BCUT2D eigenvalue weighted by molar-refractivity contribution is 0.632. The molecule has 5 heteroatoms. The Morgan fingerprint density at radius 1 is 1.50 bits per heavy atom. The summed E-state index contributed by atoms with van der Waals surface area (Å²) in [7, 11) is 0. The predicted molar refractivity (Wildman–Crippen MR) is 79.6 cm³/mol. The van der Waals surface area contributed by atoms with Crippen molar-refractivity contribution in [2.75, 3.05) is 0 Å². The summed E-state index contributed by atoms with van der Waals surface area (Å²) >= 11 is 5.18. The molecule has 1 aromatic heterocycles. The van der Waals surface area contributed by atoms with Crippen LogP contribution in [0.5, 0.6) is 0 Å². The summed E-state index contributed by atoms with van der Waals surface area (Å²) in [5.41, 5.74) is 7.46. The van der Waals surface area contributed by atoms with Gasteiger partial charge in [0, 0.05) is 22.9 Å². The van der Waals surface area contributed by atoms with E-state index >= 15 is 0 Å². The van der Waals surface area contributed by atoms with Crippen LogP contribution in [0, 0.1) is 0 Å². The van der Waals surface area contributed by atoms with Crippen molar-refractivity contribution in [3.05, 3.63) is 46.7 Å². The number of nitrogens with one attached hydrogen (secondary N) is 1. The first-order valence-electron chi connectivity index (χ1n) is 5.87. The number of hydrogen-bond donors (Lipinski definition) is 2. The molecule has 96 valence electrons. The van der Waals surface area contributed by atoms with Crippen LogP contribution in [0.1, 0.15) is 24.2 Å². The zero-order chi connectivity index (χ0) is 13.0. The van der Waals surface area contributed by atoms with Gasteiger partial charge < -0.3 is 10.7 Å². The largest absolute Gasteiger partial charge is 0.340 e. The molecule has 0 aliphatic heterocycles. The Balaban J connectivity index is 2.25. The Morgan fingerprint density at radius 2 is 2.33 bits per heavy atom. The lowest BCUT2D eigenvalue weighted by Crippen LogP contribution is -2.25. The summed E-state index contributed by atoms with van der Waals surface area (Å²) in [4.78, 5) is 7.38. The molecule has 1 aromatic carbocycles. The number of nitrogens with two attached hydrogens (primary N) is 1. The van der Waals surface area contributed by atoms with Crippen LogP contribution in [-0.2, 0) is 0 Å². The minimum atomic E-state index is 0.106. The zero-order valence-corrected chi connectivity index (χ0v) is 12.5. The van der Waals surface area contributed by atoms with Crippen molar-refractivity contribution in [1.82, 2.24) is 9.97 Å². The summed E-state index contributed by atoms with van der Waals surface area (Å²) in [6.45, 7) is 2.11. The van der Waals surface area contributed by atoms with E-state index in [1.165, 1.54) is 5.56 Å². The number of imidazole rings is 1. The minimum Gasteiger partial charge on any atom is -0.340 e. The Labute approximate surface area is 120 Å². The molecule has 2 unspecified atom stereocenters. The highest BCUT2D eigenvalue weighted by Gasteiger charge is 2.21. The first-order chi connectivity index (χ1) is 8.70. The van der Waals surface area contributed by atoms with E-state index in [-0.39, 0.29) is 11.3 Å². The standard InChI is InChI=1S/C13H16BrN3S/c1-2-11(15)12(18-13-16-6-7-17-13)9-4-3-5-10(14)8-9/h3-8,11-12H,2,15H2,1H3,(H,16,17). The van der Waals surface area contributed by atoms with Crippen LogP contribution in [0.15, 0.2) is 46.3 Å². The van der Waals surface area contributed by atoms with Crippen molar-refractivity contribution >= 4 is 27.7 Å². The van der Waals surface area contributed by atoms with Gasteiger partial charge in [0.15, 0.2) is 5.16 Å². The van der Waals surface area contributed by atoms with Crippen molar-refractivity contribution < 1.29 is 0 Å². The van der Waals surface area contributed by atoms with E-state index in [1.54, 1.807) is 18.0 Å². The number of thioether (sulfide) groups is 1. The number of H-pyrrole nitrogens is 1. The van der Waals surface area contributed by atoms with Gasteiger partial charge in [-0.3, -0.25) is 0 Å². The van der Waals surface area contributed by atoms with Crippen molar-refractivity contribution in [2.45, 2.75) is 29.8 Å². The van der Waals surface area contributed by atoms with Crippen LogP contribution in [0.25, 0.3) is 0 Å². The van der Waals surface area contributed by atoms with E-state index < -0.39 is 0 Å². The molecule has 2 atom stereocenters. The zero-order valence-electron chi connectivity index (χ0n) is 10.1. The number of rotatable bonds is 5. The minimum absolute atomic E-state index is 0.106. The van der Waals surface area contributed by atoms with Gasteiger partial charge in [0.25, 0.3) is 0 Å². The third-order valence-electron chi connectivity index (χ3n) is 2.75. The van der Waals surface area contributed by atoms with Crippen molar-refractivity contribution in [3.63, 3.8) is 0 Å². The fourth-order valence-electron chi connectivity index (χ4n) is 1.74. The van der Waals surface area contributed by atoms with Gasteiger partial charge >= 0.3 is 0 Å². The maximum Gasteiger partial charge on any atom is 0.165 e. The van der Waals surface area contributed by atoms with E-state index in [1.807, 2.05) is 18.3 Å². The smallest absolute Gasteiger partial charge is 0.165 e. The fourth-order valence-corrected chi connectivity index (χ4v) is 3.30. The molecule has 2 aromatic rings. The molecule has 0 saturated carbocycles. The maximum atomic E-state index is 6.24. The highest BCUT2D eigenvalue weighted by Crippen LogP contribution is 2.37. The normalized spacial score (nSPS) is 14.4. The number of aromatic amines is 1. The van der Waals surface area contributed by atoms with E-state index in [4.69, 9.17) is 5.73 Å². The molecule has 0 saturated heterocycles. The highest BCUT2D eigenvalue weighted by molar-refractivity contribution is 9.10. The number of halogens is 1. The van der Waals surface area contributed by atoms with Gasteiger partial charge in [-0.15, -0.1) is 0 Å². The lowest BCUT2D eigenvalue weighted by Gasteiger charge is -2.22. The molecule has 0 bridgehead atoms. The third kappa shape index (κ3) is 3.37. The van der Waals surface area contributed by atoms with Crippen molar-refractivity contribution in [3.8, 4) is 0 Å². The van der Waals surface area contributed by atoms with Crippen LogP contribution in [0.4, 0.5) is 0 Å². The molecule has 0 fully saturated rings. The van der Waals surface area contributed by atoms with E-state index in [0.717, 1.165) is 16.0 Å². The van der Waals surface area contributed by atoms with Crippen LogP contribution < -0.4 is 5.73 Å². The molecule has 0 aliphatic rings. The summed E-state index contributed by atoms with van der Waals surface area (Å²) in [6, 6.07) is 8.40. The number of benzene rings is 1. The molecule has 0 spiro atoms. The first kappa shape index (κ1) is 13.6. The summed E-state index contributed by atoms with van der Waals surface area (Å²) in [5.74, 6) is 0. The fraction of sp³-hybridized carbons (Fsp3) is 0.308. The molecule has 0 amide bonds.